The molecule has 2 fully saturated rings. The first-order valence-electron chi connectivity index (χ1n) is 7.06. The second-order valence-corrected chi connectivity index (χ2v) is 5.62. The normalized spacial score (nSPS) is 25.1. The average Bonchev–Trinajstić information content (AvgIpc) is 2.88. The highest BCUT2D eigenvalue weighted by atomic mass is 16.5. The SMILES string of the molecule is N#Cc1ccc(NC2CCOC3(CCCC3)C2)nc1. The van der Waals surface area contributed by atoms with Crippen molar-refractivity contribution in [1.82, 2.24) is 4.98 Å². The highest BCUT2D eigenvalue weighted by Crippen LogP contribution is 2.40. The molecule has 1 saturated heterocycles. The molecule has 0 bridgehead atoms. The molecule has 100 valence electrons. The largest absolute Gasteiger partial charge is 0.375 e. The Labute approximate surface area is 113 Å². The first-order valence-corrected chi connectivity index (χ1v) is 7.06. The van der Waals surface area contributed by atoms with Gasteiger partial charge in [-0.1, -0.05) is 12.8 Å². The molecule has 1 aromatic heterocycles. The van der Waals surface area contributed by atoms with Gasteiger partial charge < -0.3 is 10.1 Å². The molecule has 2 aliphatic rings. The Balaban J connectivity index is 1.64. The molecule has 1 aromatic rings. The fraction of sp³-hybridized carbons (Fsp3) is 0.600. The van der Waals surface area contributed by atoms with E-state index in [9.17, 15) is 0 Å². The van der Waals surface area contributed by atoms with Gasteiger partial charge in [0.05, 0.1) is 11.2 Å². The third kappa shape index (κ3) is 2.71. The first kappa shape index (κ1) is 12.4. The van der Waals surface area contributed by atoms with E-state index in [0.29, 0.717) is 11.6 Å². The van der Waals surface area contributed by atoms with Crippen LogP contribution in [0.25, 0.3) is 0 Å². The van der Waals surface area contributed by atoms with Crippen LogP contribution >= 0.6 is 0 Å². The fourth-order valence-corrected chi connectivity index (χ4v) is 3.27. The van der Waals surface area contributed by atoms with Crippen molar-refractivity contribution in [1.29, 1.82) is 5.26 Å². The van der Waals surface area contributed by atoms with E-state index in [-0.39, 0.29) is 5.60 Å². The third-order valence-electron chi connectivity index (χ3n) is 4.25. The summed E-state index contributed by atoms with van der Waals surface area (Å²) in [7, 11) is 0. The Bertz CT molecular complexity index is 471. The average molecular weight is 257 g/mol. The Morgan fingerprint density at radius 2 is 2.21 bits per heavy atom. The molecule has 4 heteroatoms. The minimum Gasteiger partial charge on any atom is -0.375 e. The number of hydrogen-bond donors (Lipinski definition) is 1. The van der Waals surface area contributed by atoms with Crippen molar-refractivity contribution in [2.75, 3.05) is 11.9 Å². The molecule has 19 heavy (non-hydrogen) atoms. The molecule has 1 spiro atoms. The van der Waals surface area contributed by atoms with Gasteiger partial charge in [0.1, 0.15) is 11.9 Å². The molecule has 1 aliphatic heterocycles. The number of rotatable bonds is 2. The summed E-state index contributed by atoms with van der Waals surface area (Å²) in [5, 5.41) is 12.2. The van der Waals surface area contributed by atoms with Crippen LogP contribution in [0.15, 0.2) is 18.3 Å². The Hall–Kier alpha value is -1.60. The number of pyridine rings is 1. The van der Waals surface area contributed by atoms with Crippen LogP contribution in [0.5, 0.6) is 0 Å². The zero-order chi connectivity index (χ0) is 13.1. The van der Waals surface area contributed by atoms with Crippen molar-refractivity contribution < 1.29 is 4.74 Å². The third-order valence-corrected chi connectivity index (χ3v) is 4.25. The summed E-state index contributed by atoms with van der Waals surface area (Å²) < 4.78 is 6.03. The standard InChI is InChI=1S/C15H19N3O/c16-10-12-3-4-14(17-11-12)18-13-5-8-19-15(9-13)6-1-2-7-15/h3-4,11,13H,1-2,5-9H2,(H,17,18). The molecule has 1 unspecified atom stereocenters. The van der Waals surface area contributed by atoms with Crippen LogP contribution in [0.1, 0.15) is 44.1 Å². The molecule has 1 saturated carbocycles. The number of hydrogen-bond acceptors (Lipinski definition) is 4. The van der Waals surface area contributed by atoms with Gasteiger partial charge in [-0.2, -0.15) is 5.26 Å². The first-order chi connectivity index (χ1) is 9.30. The van der Waals surface area contributed by atoms with Crippen LogP contribution in [0, 0.1) is 11.3 Å². The highest BCUT2D eigenvalue weighted by Gasteiger charge is 2.39. The smallest absolute Gasteiger partial charge is 0.126 e. The van der Waals surface area contributed by atoms with E-state index < -0.39 is 0 Å². The van der Waals surface area contributed by atoms with Crippen LogP contribution in [0.3, 0.4) is 0 Å². The monoisotopic (exact) mass is 257 g/mol. The number of nitrogens with zero attached hydrogens (tertiary/aromatic N) is 2. The lowest BCUT2D eigenvalue weighted by Gasteiger charge is -2.38. The molecule has 1 N–H and O–H groups in total. The van der Waals surface area contributed by atoms with Crippen LogP contribution in [0.4, 0.5) is 5.82 Å². The van der Waals surface area contributed by atoms with Gasteiger partial charge in [0.2, 0.25) is 0 Å². The van der Waals surface area contributed by atoms with Crippen LogP contribution in [0.2, 0.25) is 0 Å². The van der Waals surface area contributed by atoms with Crippen molar-refractivity contribution in [2.45, 2.75) is 50.2 Å². The summed E-state index contributed by atoms with van der Waals surface area (Å²) >= 11 is 0. The molecule has 4 nitrogen and oxygen atoms in total. The van der Waals surface area contributed by atoms with Gasteiger partial charge in [0.25, 0.3) is 0 Å². The van der Waals surface area contributed by atoms with Crippen molar-refractivity contribution in [2.24, 2.45) is 0 Å². The molecular formula is C15H19N3O. The van der Waals surface area contributed by atoms with E-state index in [0.717, 1.165) is 25.3 Å². The van der Waals surface area contributed by atoms with E-state index in [1.54, 1.807) is 12.3 Å². The lowest BCUT2D eigenvalue weighted by atomic mass is 9.89. The number of anilines is 1. The summed E-state index contributed by atoms with van der Waals surface area (Å²) in [6.45, 7) is 0.841. The van der Waals surface area contributed by atoms with Crippen LogP contribution < -0.4 is 5.32 Å². The van der Waals surface area contributed by atoms with E-state index >= 15 is 0 Å². The molecule has 2 heterocycles. The van der Waals surface area contributed by atoms with Crippen molar-refractivity contribution in [3.05, 3.63) is 23.9 Å². The minimum absolute atomic E-state index is 0.127. The quantitative estimate of drug-likeness (QED) is 0.885. The highest BCUT2D eigenvalue weighted by molar-refractivity contribution is 5.39. The van der Waals surface area contributed by atoms with Crippen molar-refractivity contribution in [3.8, 4) is 6.07 Å². The Kier molecular flexibility index (Phi) is 3.39. The van der Waals surface area contributed by atoms with Gasteiger partial charge in [0.15, 0.2) is 0 Å². The second-order valence-electron chi connectivity index (χ2n) is 5.62. The number of aromatic nitrogens is 1. The van der Waals surface area contributed by atoms with Gasteiger partial charge in [-0.3, -0.25) is 0 Å². The van der Waals surface area contributed by atoms with E-state index in [4.69, 9.17) is 10.00 Å². The topological polar surface area (TPSA) is 57.9 Å². The second kappa shape index (κ2) is 5.18. The summed E-state index contributed by atoms with van der Waals surface area (Å²) in [5.41, 5.74) is 0.729. The van der Waals surface area contributed by atoms with Gasteiger partial charge in [-0.15, -0.1) is 0 Å². The van der Waals surface area contributed by atoms with Gasteiger partial charge in [-0.25, -0.2) is 4.98 Å². The van der Waals surface area contributed by atoms with Gasteiger partial charge in [-0.05, 0) is 37.8 Å². The number of nitrogens with one attached hydrogen (secondary N) is 1. The summed E-state index contributed by atoms with van der Waals surface area (Å²) in [6, 6.07) is 6.21. The summed E-state index contributed by atoms with van der Waals surface area (Å²) in [6.07, 6.45) is 8.72. The maximum atomic E-state index is 8.76. The fourth-order valence-electron chi connectivity index (χ4n) is 3.27. The molecule has 0 aromatic carbocycles. The summed E-state index contributed by atoms with van der Waals surface area (Å²) in [4.78, 5) is 4.28. The molecule has 1 aliphatic carbocycles. The summed E-state index contributed by atoms with van der Waals surface area (Å²) in [5.74, 6) is 0.860. The van der Waals surface area contributed by atoms with Crippen molar-refractivity contribution >= 4 is 5.82 Å². The van der Waals surface area contributed by atoms with Crippen molar-refractivity contribution in [3.63, 3.8) is 0 Å². The van der Waals surface area contributed by atoms with Gasteiger partial charge in [0, 0.05) is 18.8 Å². The lowest BCUT2D eigenvalue weighted by Crippen LogP contribution is -2.42. The number of ether oxygens (including phenoxy) is 1. The van der Waals surface area contributed by atoms with Crippen LogP contribution in [-0.2, 0) is 4.74 Å². The van der Waals surface area contributed by atoms with E-state index in [2.05, 4.69) is 16.4 Å². The van der Waals surface area contributed by atoms with E-state index in [1.807, 2.05) is 6.07 Å². The predicted molar refractivity (Wildman–Crippen MR) is 72.7 cm³/mol. The minimum atomic E-state index is 0.127. The number of nitriles is 1. The Morgan fingerprint density at radius 1 is 1.37 bits per heavy atom. The molecule has 0 radical (unpaired) electrons. The van der Waals surface area contributed by atoms with Gasteiger partial charge >= 0.3 is 0 Å². The van der Waals surface area contributed by atoms with Crippen LogP contribution in [-0.4, -0.2) is 23.2 Å². The molecule has 0 amide bonds. The predicted octanol–water partition coefficient (Wildman–Crippen LogP) is 2.86. The molecule has 3 rings (SSSR count). The maximum Gasteiger partial charge on any atom is 0.126 e. The Morgan fingerprint density at radius 3 is 2.89 bits per heavy atom. The maximum absolute atomic E-state index is 8.76. The van der Waals surface area contributed by atoms with E-state index in [1.165, 1.54) is 25.7 Å². The molecule has 1 atom stereocenters. The molecular weight excluding hydrogens is 238 g/mol. The lowest BCUT2D eigenvalue weighted by molar-refractivity contribution is -0.0767. The zero-order valence-electron chi connectivity index (χ0n) is 11.1. The zero-order valence-corrected chi connectivity index (χ0v) is 11.1.